The van der Waals surface area contributed by atoms with Crippen molar-refractivity contribution in [3.05, 3.63) is 57.2 Å². The highest BCUT2D eigenvalue weighted by molar-refractivity contribution is 14.1. The van der Waals surface area contributed by atoms with Crippen LogP contribution in [0.3, 0.4) is 0 Å². The Kier molecular flexibility index (Phi) is 3.81. The molecule has 0 saturated carbocycles. The molecule has 0 bridgehead atoms. The molecule has 0 aromatic heterocycles. The van der Waals surface area contributed by atoms with Gasteiger partial charge in [-0.1, -0.05) is 12.1 Å². The van der Waals surface area contributed by atoms with Crippen molar-refractivity contribution in [1.29, 1.82) is 0 Å². The molecule has 1 heterocycles. The maximum Gasteiger partial charge on any atom is 0.387 e. The minimum Gasteiger partial charge on any atom is -0.435 e. The summed E-state index contributed by atoms with van der Waals surface area (Å²) < 4.78 is 29.2. The maximum atomic E-state index is 12.4. The Labute approximate surface area is 137 Å². The number of fused-ring (bicyclic) bond motifs is 1. The molecule has 22 heavy (non-hydrogen) atoms. The van der Waals surface area contributed by atoms with Crippen molar-refractivity contribution in [2.45, 2.75) is 6.61 Å². The lowest BCUT2D eigenvalue weighted by Gasteiger charge is -2.16. The zero-order valence-corrected chi connectivity index (χ0v) is 13.1. The average molecular weight is 415 g/mol. The fraction of sp³-hybridized carbons (Fsp3) is 0.0667. The lowest BCUT2D eigenvalue weighted by molar-refractivity contribution is -0.0498. The largest absolute Gasteiger partial charge is 0.435 e. The smallest absolute Gasteiger partial charge is 0.387 e. The van der Waals surface area contributed by atoms with Crippen LogP contribution in [0.25, 0.3) is 0 Å². The van der Waals surface area contributed by atoms with E-state index in [9.17, 15) is 18.4 Å². The van der Waals surface area contributed by atoms with Gasteiger partial charge < -0.3 is 4.74 Å². The summed E-state index contributed by atoms with van der Waals surface area (Å²) in [4.78, 5) is 25.8. The van der Waals surface area contributed by atoms with Crippen LogP contribution < -0.4 is 9.64 Å². The molecule has 0 fully saturated rings. The minimum atomic E-state index is -2.93. The Balaban J connectivity index is 1.99. The molecule has 4 nitrogen and oxygen atoms in total. The number of rotatable bonds is 3. The minimum absolute atomic E-state index is 0.0280. The number of alkyl halides is 2. The monoisotopic (exact) mass is 415 g/mol. The predicted molar refractivity (Wildman–Crippen MR) is 83.4 cm³/mol. The van der Waals surface area contributed by atoms with Crippen molar-refractivity contribution < 1.29 is 23.1 Å². The van der Waals surface area contributed by atoms with Crippen molar-refractivity contribution in [2.75, 3.05) is 4.90 Å². The highest BCUT2D eigenvalue weighted by Gasteiger charge is 2.37. The first kappa shape index (κ1) is 14.9. The number of hydrogen-bond acceptors (Lipinski definition) is 3. The summed E-state index contributed by atoms with van der Waals surface area (Å²) in [5.41, 5.74) is 1.00. The van der Waals surface area contributed by atoms with E-state index in [-0.39, 0.29) is 5.75 Å². The number of carbonyl (C=O) groups excluding carboxylic acids is 2. The van der Waals surface area contributed by atoms with Crippen LogP contribution in [0, 0.1) is 3.57 Å². The van der Waals surface area contributed by atoms with Gasteiger partial charge in [0.25, 0.3) is 11.8 Å². The second-order valence-corrected chi connectivity index (χ2v) is 5.65. The summed E-state index contributed by atoms with van der Waals surface area (Å²) in [5.74, 6) is -0.887. The van der Waals surface area contributed by atoms with E-state index in [4.69, 9.17) is 0 Å². The summed E-state index contributed by atoms with van der Waals surface area (Å²) >= 11 is 1.87. The van der Waals surface area contributed by atoms with Crippen molar-refractivity contribution >= 4 is 40.1 Å². The van der Waals surface area contributed by atoms with Crippen LogP contribution in [0.1, 0.15) is 20.7 Å². The molecule has 0 atom stereocenters. The number of imide groups is 1. The normalized spacial score (nSPS) is 13.7. The molecule has 1 aliphatic rings. The predicted octanol–water partition coefficient (Wildman–Crippen LogP) is 3.69. The third-order valence-corrected chi connectivity index (χ3v) is 4.04. The Morgan fingerprint density at radius 3 is 2.09 bits per heavy atom. The molecule has 7 heteroatoms. The van der Waals surface area contributed by atoms with Crippen LogP contribution in [0.15, 0.2) is 42.5 Å². The highest BCUT2D eigenvalue weighted by atomic mass is 127. The Bertz CT molecular complexity index is 744. The number of benzene rings is 2. The van der Waals surface area contributed by atoms with Gasteiger partial charge in [-0.05, 0) is 52.9 Å². The first-order valence-electron chi connectivity index (χ1n) is 6.21. The molecule has 0 saturated heterocycles. The van der Waals surface area contributed by atoms with E-state index in [0.717, 1.165) is 4.90 Å². The summed E-state index contributed by atoms with van der Waals surface area (Å²) in [6.45, 7) is -2.93. The third-order valence-electron chi connectivity index (χ3n) is 3.18. The number of halogens is 3. The Morgan fingerprint density at radius 1 is 1.00 bits per heavy atom. The summed E-state index contributed by atoms with van der Waals surface area (Å²) in [6.07, 6.45) is 0. The van der Waals surface area contributed by atoms with Crippen LogP contribution in [-0.4, -0.2) is 18.4 Å². The Hall–Kier alpha value is -2.03. The van der Waals surface area contributed by atoms with E-state index < -0.39 is 18.4 Å². The first-order valence-corrected chi connectivity index (χ1v) is 7.29. The molecular formula is C15H8F2INO3. The molecular weight excluding hydrogens is 407 g/mol. The van der Waals surface area contributed by atoms with Crippen LogP contribution >= 0.6 is 22.6 Å². The van der Waals surface area contributed by atoms with Gasteiger partial charge in [-0.3, -0.25) is 9.59 Å². The van der Waals surface area contributed by atoms with E-state index in [1.807, 2.05) is 22.6 Å². The highest BCUT2D eigenvalue weighted by Crippen LogP contribution is 2.33. The zero-order valence-electron chi connectivity index (χ0n) is 10.9. The zero-order chi connectivity index (χ0) is 15.9. The maximum absolute atomic E-state index is 12.4. The molecule has 2 amide bonds. The van der Waals surface area contributed by atoms with Gasteiger partial charge in [0.2, 0.25) is 0 Å². The number of amides is 2. The van der Waals surface area contributed by atoms with E-state index >= 15 is 0 Å². The molecule has 2 aromatic rings. The van der Waals surface area contributed by atoms with Gasteiger partial charge >= 0.3 is 6.61 Å². The molecule has 1 aliphatic heterocycles. The second-order valence-electron chi connectivity index (χ2n) is 4.48. The number of anilines is 1. The quantitative estimate of drug-likeness (QED) is 0.568. The second kappa shape index (κ2) is 5.64. The van der Waals surface area contributed by atoms with Crippen molar-refractivity contribution in [3.63, 3.8) is 0 Å². The van der Waals surface area contributed by atoms with Crippen molar-refractivity contribution in [2.24, 2.45) is 0 Å². The lowest BCUT2D eigenvalue weighted by Crippen LogP contribution is -2.30. The van der Waals surface area contributed by atoms with Gasteiger partial charge in [-0.2, -0.15) is 8.78 Å². The van der Waals surface area contributed by atoms with Gasteiger partial charge in [0.1, 0.15) is 5.75 Å². The SMILES string of the molecule is O=C1c2ccccc2C(=O)N1c1ccc(OC(F)F)cc1I. The number of nitrogens with zero attached hydrogens (tertiary/aromatic N) is 1. The van der Waals surface area contributed by atoms with E-state index in [2.05, 4.69) is 4.74 Å². The summed E-state index contributed by atoms with van der Waals surface area (Å²) in [5, 5.41) is 0. The lowest BCUT2D eigenvalue weighted by atomic mass is 10.1. The standard InChI is InChI=1S/C15H8F2INO3/c16-15(17)22-8-5-6-12(11(18)7-8)19-13(20)9-3-1-2-4-10(9)14(19)21/h1-7,15H. The molecule has 0 spiro atoms. The van der Waals surface area contributed by atoms with Gasteiger partial charge in [0.05, 0.1) is 16.8 Å². The molecule has 3 rings (SSSR count). The summed E-state index contributed by atoms with van der Waals surface area (Å²) in [7, 11) is 0. The van der Waals surface area contributed by atoms with Crippen LogP contribution in [0.4, 0.5) is 14.5 Å². The van der Waals surface area contributed by atoms with E-state index in [1.165, 1.54) is 18.2 Å². The molecule has 0 aliphatic carbocycles. The fourth-order valence-electron chi connectivity index (χ4n) is 2.25. The van der Waals surface area contributed by atoms with Crippen LogP contribution in [0.2, 0.25) is 0 Å². The fourth-order valence-corrected chi connectivity index (χ4v) is 2.98. The average Bonchev–Trinajstić information content (AvgIpc) is 2.72. The third kappa shape index (κ3) is 2.45. The summed E-state index contributed by atoms with van der Waals surface area (Å²) in [6, 6.07) is 10.6. The molecule has 2 aromatic carbocycles. The van der Waals surface area contributed by atoms with E-state index in [0.29, 0.717) is 20.4 Å². The van der Waals surface area contributed by atoms with Gasteiger partial charge in [-0.25, -0.2) is 4.90 Å². The van der Waals surface area contributed by atoms with Crippen molar-refractivity contribution in [1.82, 2.24) is 0 Å². The van der Waals surface area contributed by atoms with Crippen molar-refractivity contribution in [3.8, 4) is 5.75 Å². The topological polar surface area (TPSA) is 46.6 Å². The van der Waals surface area contributed by atoms with Gasteiger partial charge in [-0.15, -0.1) is 0 Å². The van der Waals surface area contributed by atoms with Crippen LogP contribution in [0.5, 0.6) is 5.75 Å². The molecule has 0 radical (unpaired) electrons. The first-order chi connectivity index (χ1) is 10.5. The number of carbonyl (C=O) groups is 2. The van der Waals surface area contributed by atoms with Gasteiger partial charge in [0.15, 0.2) is 0 Å². The molecule has 0 unspecified atom stereocenters. The van der Waals surface area contributed by atoms with Gasteiger partial charge in [0, 0.05) is 3.57 Å². The Morgan fingerprint density at radius 2 is 1.59 bits per heavy atom. The molecule has 0 N–H and O–H groups in total. The number of hydrogen-bond donors (Lipinski definition) is 0. The molecule has 112 valence electrons. The number of ether oxygens (including phenoxy) is 1. The van der Waals surface area contributed by atoms with Crippen LogP contribution in [-0.2, 0) is 0 Å². The van der Waals surface area contributed by atoms with E-state index in [1.54, 1.807) is 24.3 Å².